The van der Waals surface area contributed by atoms with E-state index < -0.39 is 0 Å². The summed E-state index contributed by atoms with van der Waals surface area (Å²) < 4.78 is 3.60. The summed E-state index contributed by atoms with van der Waals surface area (Å²) in [5, 5.41) is 8.13. The lowest BCUT2D eigenvalue weighted by Crippen LogP contribution is -2.56. The van der Waals surface area contributed by atoms with Crippen LogP contribution in [-0.4, -0.2) is 60.8 Å². The van der Waals surface area contributed by atoms with Crippen LogP contribution in [0.3, 0.4) is 0 Å². The Hall–Kier alpha value is -4.40. The predicted molar refractivity (Wildman–Crippen MR) is 176 cm³/mol. The van der Waals surface area contributed by atoms with Crippen LogP contribution in [0.15, 0.2) is 90.1 Å². The fourth-order valence-electron chi connectivity index (χ4n) is 8.07. The number of aromatic nitrogens is 4. The van der Waals surface area contributed by atoms with E-state index in [-0.39, 0.29) is 29.1 Å². The zero-order chi connectivity index (χ0) is 30.8. The van der Waals surface area contributed by atoms with Crippen LogP contribution in [0.1, 0.15) is 56.6 Å². The Balaban J connectivity index is 1.07. The summed E-state index contributed by atoms with van der Waals surface area (Å²) in [6.45, 7) is 2.82. The molecule has 2 aromatic carbocycles. The molecule has 0 unspecified atom stereocenters. The first kappa shape index (κ1) is 29.3. The fourth-order valence-corrected chi connectivity index (χ4v) is 8.07. The van der Waals surface area contributed by atoms with Gasteiger partial charge in [-0.1, -0.05) is 73.5 Å². The molecule has 3 fully saturated rings. The lowest BCUT2D eigenvalue weighted by molar-refractivity contribution is 0.0217. The van der Waals surface area contributed by atoms with Crippen molar-refractivity contribution in [3.8, 4) is 11.3 Å². The molecule has 2 aliphatic heterocycles. The molecule has 4 heterocycles. The van der Waals surface area contributed by atoms with Gasteiger partial charge in [0.05, 0.1) is 18.1 Å². The maximum atomic E-state index is 14.4. The first-order valence-corrected chi connectivity index (χ1v) is 16.5. The zero-order valence-electron chi connectivity index (χ0n) is 26.1. The largest absolute Gasteiger partial charge is 0.366 e. The molecule has 3 aliphatic rings. The summed E-state index contributed by atoms with van der Waals surface area (Å²) in [5.41, 5.74) is 2.86. The first-order chi connectivity index (χ1) is 22.0. The van der Waals surface area contributed by atoms with E-state index in [1.807, 2.05) is 60.4 Å². The third-order valence-electron chi connectivity index (χ3n) is 10.5. The van der Waals surface area contributed by atoms with Gasteiger partial charge in [-0.3, -0.25) is 14.0 Å². The molecule has 45 heavy (non-hydrogen) atoms. The topological polar surface area (TPSA) is 88.3 Å². The van der Waals surface area contributed by atoms with Crippen LogP contribution in [0.2, 0.25) is 0 Å². The standard InChI is InChI=1S/C36H43N7O2/c1-40-19-16-33(39-40)38-30-15-21-43(32(22-30)28-12-6-3-7-13-28)35(45)41-20-14-29(36(25-41)17-8-9-18-36)24-42-26-37-31(23-34(42)44)27-10-4-2-5-11-27/h2-7,10-13,16,19,23,26,29-30,32H,8-9,14-15,17-18,20-22,24-25H2,1H3,(H,38,39)/t29-,30+,32-/m0/s1. The van der Waals surface area contributed by atoms with Gasteiger partial charge in [0.2, 0.25) is 0 Å². The van der Waals surface area contributed by atoms with Gasteiger partial charge in [0.1, 0.15) is 5.82 Å². The van der Waals surface area contributed by atoms with Crippen molar-refractivity contribution in [2.75, 3.05) is 25.0 Å². The van der Waals surface area contributed by atoms with Crippen molar-refractivity contribution in [2.24, 2.45) is 18.4 Å². The lowest BCUT2D eigenvalue weighted by atomic mass is 9.69. The molecule has 0 bridgehead atoms. The number of carbonyl (C=O) groups is 1. The first-order valence-electron chi connectivity index (χ1n) is 16.5. The number of urea groups is 1. The highest BCUT2D eigenvalue weighted by Gasteiger charge is 2.47. The van der Waals surface area contributed by atoms with E-state index in [0.717, 1.165) is 50.0 Å². The monoisotopic (exact) mass is 605 g/mol. The Kier molecular flexibility index (Phi) is 8.17. The van der Waals surface area contributed by atoms with Gasteiger partial charge < -0.3 is 15.1 Å². The van der Waals surface area contributed by atoms with E-state index in [0.29, 0.717) is 31.2 Å². The van der Waals surface area contributed by atoms with Crippen molar-refractivity contribution in [1.29, 1.82) is 0 Å². The minimum Gasteiger partial charge on any atom is -0.366 e. The highest BCUT2D eigenvalue weighted by molar-refractivity contribution is 5.75. The maximum Gasteiger partial charge on any atom is 0.320 e. The van der Waals surface area contributed by atoms with Crippen molar-refractivity contribution in [3.63, 3.8) is 0 Å². The second-order valence-corrected chi connectivity index (χ2v) is 13.3. The van der Waals surface area contributed by atoms with Crippen LogP contribution in [0, 0.1) is 11.3 Å². The number of amides is 2. The molecular weight excluding hydrogens is 562 g/mol. The highest BCUT2D eigenvalue weighted by Crippen LogP contribution is 2.49. The van der Waals surface area contributed by atoms with Crippen molar-refractivity contribution < 1.29 is 4.79 Å². The second kappa shape index (κ2) is 12.5. The minimum atomic E-state index is -0.0107. The molecular formula is C36H43N7O2. The summed E-state index contributed by atoms with van der Waals surface area (Å²) in [4.78, 5) is 36.5. The van der Waals surface area contributed by atoms with E-state index in [4.69, 9.17) is 0 Å². The Morgan fingerprint density at radius 3 is 2.44 bits per heavy atom. The third kappa shape index (κ3) is 6.13. The maximum absolute atomic E-state index is 14.4. The summed E-state index contributed by atoms with van der Waals surface area (Å²) in [7, 11) is 1.93. The predicted octanol–water partition coefficient (Wildman–Crippen LogP) is 5.96. The van der Waals surface area contributed by atoms with E-state index in [1.165, 1.54) is 18.4 Å². The van der Waals surface area contributed by atoms with Crippen molar-refractivity contribution in [2.45, 2.75) is 63.6 Å². The number of nitrogens with one attached hydrogen (secondary N) is 1. The van der Waals surface area contributed by atoms with E-state index >= 15 is 0 Å². The lowest BCUT2D eigenvalue weighted by Gasteiger charge is -2.49. The highest BCUT2D eigenvalue weighted by atomic mass is 16.2. The van der Waals surface area contributed by atoms with Crippen molar-refractivity contribution in [1.82, 2.24) is 29.1 Å². The normalized spacial score (nSPS) is 22.9. The summed E-state index contributed by atoms with van der Waals surface area (Å²) in [6.07, 6.45) is 10.8. The molecule has 9 nitrogen and oxygen atoms in total. The number of rotatable bonds is 6. The van der Waals surface area contributed by atoms with Gasteiger partial charge >= 0.3 is 6.03 Å². The van der Waals surface area contributed by atoms with Crippen LogP contribution in [0.25, 0.3) is 11.3 Å². The fraction of sp³-hybridized carbons (Fsp3) is 0.444. The molecule has 7 rings (SSSR count). The number of carbonyl (C=O) groups excluding carboxylic acids is 1. The van der Waals surface area contributed by atoms with Crippen molar-refractivity contribution in [3.05, 3.63) is 101 Å². The number of piperidine rings is 2. The Labute approximate surface area is 264 Å². The summed E-state index contributed by atoms with van der Waals surface area (Å²) in [5.74, 6) is 1.22. The molecule has 234 valence electrons. The Morgan fingerprint density at radius 1 is 0.978 bits per heavy atom. The SMILES string of the molecule is Cn1ccc(N[C@@H]2CCN(C(=O)N3CC[C@@H](Cn4cnc(-c5ccccc5)cc4=O)C4(CCCC4)C3)[C@H](c3ccccc3)C2)n1. The molecule has 2 aromatic heterocycles. The van der Waals surface area contributed by atoms with Crippen LogP contribution in [-0.2, 0) is 13.6 Å². The van der Waals surface area contributed by atoms with E-state index in [9.17, 15) is 9.59 Å². The summed E-state index contributed by atoms with van der Waals surface area (Å²) in [6, 6.07) is 24.4. The molecule has 2 saturated heterocycles. The Morgan fingerprint density at radius 2 is 1.73 bits per heavy atom. The molecule has 2 amide bonds. The minimum absolute atomic E-state index is 0.00121. The van der Waals surface area contributed by atoms with Gasteiger partial charge in [0.15, 0.2) is 0 Å². The molecule has 3 atom stereocenters. The van der Waals surface area contributed by atoms with Gasteiger partial charge in [-0.2, -0.15) is 5.10 Å². The number of benzene rings is 2. The number of nitrogens with zero attached hydrogens (tertiary/aromatic N) is 6. The van der Waals surface area contributed by atoms with Crippen molar-refractivity contribution >= 4 is 11.8 Å². The molecule has 4 aromatic rings. The van der Waals surface area contributed by atoms with Crippen LogP contribution in [0.4, 0.5) is 10.6 Å². The van der Waals surface area contributed by atoms with E-state index in [2.05, 4.69) is 49.5 Å². The average Bonchev–Trinajstić information content (AvgIpc) is 3.72. The van der Waals surface area contributed by atoms with E-state index in [1.54, 1.807) is 17.0 Å². The summed E-state index contributed by atoms with van der Waals surface area (Å²) >= 11 is 0. The van der Waals surface area contributed by atoms with Gasteiger partial charge in [0, 0.05) is 63.2 Å². The smallest absolute Gasteiger partial charge is 0.320 e. The zero-order valence-corrected chi connectivity index (χ0v) is 26.1. The van der Waals surface area contributed by atoms with Crippen LogP contribution >= 0.6 is 0 Å². The second-order valence-electron chi connectivity index (χ2n) is 13.3. The molecule has 1 aliphatic carbocycles. The van der Waals surface area contributed by atoms with Gasteiger partial charge in [-0.05, 0) is 49.0 Å². The molecule has 0 radical (unpaired) electrons. The molecule has 1 spiro atoms. The van der Waals surface area contributed by atoms with Gasteiger partial charge in [-0.25, -0.2) is 9.78 Å². The molecule has 1 saturated carbocycles. The van der Waals surface area contributed by atoms with Gasteiger partial charge in [-0.15, -0.1) is 0 Å². The third-order valence-corrected chi connectivity index (χ3v) is 10.5. The number of anilines is 1. The quantitative estimate of drug-likeness (QED) is 0.293. The Bertz CT molecular complexity index is 1660. The number of likely N-dealkylation sites (tertiary alicyclic amines) is 2. The average molecular weight is 606 g/mol. The van der Waals surface area contributed by atoms with Crippen LogP contribution in [0.5, 0.6) is 0 Å². The molecule has 1 N–H and O–H groups in total. The number of hydrogen-bond acceptors (Lipinski definition) is 5. The number of aryl methyl sites for hydroxylation is 1. The van der Waals surface area contributed by atoms with Crippen LogP contribution < -0.4 is 10.9 Å². The number of hydrogen-bond donors (Lipinski definition) is 1. The molecule has 9 heteroatoms. The van der Waals surface area contributed by atoms with Gasteiger partial charge in [0.25, 0.3) is 5.56 Å².